The van der Waals surface area contributed by atoms with Gasteiger partial charge in [-0.05, 0) is 33.1 Å². The summed E-state index contributed by atoms with van der Waals surface area (Å²) in [4.78, 5) is 0. The molecule has 0 saturated carbocycles. The molecule has 0 bridgehead atoms. The van der Waals surface area contributed by atoms with Crippen LogP contribution in [0.1, 0.15) is 32.4 Å². The fourth-order valence-electron chi connectivity index (χ4n) is 1.43. The Morgan fingerprint density at radius 1 is 1.38 bits per heavy atom. The van der Waals surface area contributed by atoms with Gasteiger partial charge in [-0.3, -0.25) is 0 Å². The molecule has 16 heavy (non-hydrogen) atoms. The molecule has 2 nitrogen and oxygen atoms in total. The molecule has 0 fully saturated rings. The maximum Gasteiger partial charge on any atom is 0.120 e. The lowest BCUT2D eigenvalue weighted by atomic mass is 10.1. The summed E-state index contributed by atoms with van der Waals surface area (Å²) in [5.74, 6) is 0.365. The third-order valence-electron chi connectivity index (χ3n) is 2.79. The highest BCUT2D eigenvalue weighted by atomic mass is 32.2. The molecule has 2 N–H and O–H groups in total. The average Bonchev–Trinajstić information content (AvgIpc) is 2.27. The summed E-state index contributed by atoms with van der Waals surface area (Å²) in [6.07, 6.45) is 2.12. The second-order valence-electron chi connectivity index (χ2n) is 4.63. The summed E-state index contributed by atoms with van der Waals surface area (Å²) >= 11 is 1.84. The summed E-state index contributed by atoms with van der Waals surface area (Å²) in [5.41, 5.74) is 0.958. The fraction of sp³-hybridized carbons (Fsp3) is 0.538. The van der Waals surface area contributed by atoms with Crippen molar-refractivity contribution in [1.82, 2.24) is 5.32 Å². The Morgan fingerprint density at radius 2 is 2.00 bits per heavy atom. The number of hydrogen-bond donors (Lipinski definition) is 2. The van der Waals surface area contributed by atoms with E-state index in [2.05, 4.69) is 32.3 Å². The van der Waals surface area contributed by atoms with E-state index in [0.717, 1.165) is 12.1 Å². The van der Waals surface area contributed by atoms with Gasteiger partial charge in [0.25, 0.3) is 0 Å². The molecule has 0 heterocycles. The van der Waals surface area contributed by atoms with Crippen LogP contribution in [0, 0.1) is 0 Å². The van der Waals surface area contributed by atoms with Crippen LogP contribution in [0.25, 0.3) is 0 Å². The van der Waals surface area contributed by atoms with Crippen LogP contribution < -0.4 is 5.32 Å². The number of benzene rings is 1. The number of rotatable bonds is 5. The summed E-state index contributed by atoms with van der Waals surface area (Å²) in [7, 11) is 0. The molecule has 3 heteroatoms. The first-order chi connectivity index (χ1) is 7.46. The predicted octanol–water partition coefficient (Wildman–Crippen LogP) is 3.18. The van der Waals surface area contributed by atoms with Crippen molar-refractivity contribution in [2.75, 3.05) is 12.8 Å². The standard InChI is InChI=1S/C13H21NOS/c1-10(14-9-13(2,3)16-4)11-7-5-6-8-12(11)15/h5-8,10,14-15H,9H2,1-4H3. The summed E-state index contributed by atoms with van der Waals surface area (Å²) in [6, 6.07) is 7.66. The van der Waals surface area contributed by atoms with Gasteiger partial charge in [-0.2, -0.15) is 11.8 Å². The van der Waals surface area contributed by atoms with E-state index in [9.17, 15) is 5.11 Å². The van der Waals surface area contributed by atoms with Crippen LogP contribution in [0.5, 0.6) is 5.75 Å². The van der Waals surface area contributed by atoms with E-state index in [0.29, 0.717) is 5.75 Å². The highest BCUT2D eigenvalue weighted by molar-refractivity contribution is 7.99. The van der Waals surface area contributed by atoms with Gasteiger partial charge in [-0.1, -0.05) is 18.2 Å². The minimum atomic E-state index is 0.174. The molecule has 0 spiro atoms. The first kappa shape index (κ1) is 13.4. The smallest absolute Gasteiger partial charge is 0.120 e. The third kappa shape index (κ3) is 3.72. The number of hydrogen-bond acceptors (Lipinski definition) is 3. The molecule has 0 aliphatic carbocycles. The van der Waals surface area contributed by atoms with Crippen molar-refractivity contribution in [1.29, 1.82) is 0 Å². The van der Waals surface area contributed by atoms with Gasteiger partial charge in [-0.25, -0.2) is 0 Å². The van der Waals surface area contributed by atoms with Crippen molar-refractivity contribution >= 4 is 11.8 Å². The Labute approximate surface area is 102 Å². The van der Waals surface area contributed by atoms with Crippen LogP contribution >= 0.6 is 11.8 Å². The quantitative estimate of drug-likeness (QED) is 0.827. The zero-order valence-corrected chi connectivity index (χ0v) is 11.3. The average molecular weight is 239 g/mol. The topological polar surface area (TPSA) is 32.3 Å². The van der Waals surface area contributed by atoms with Crippen LogP contribution in [0.15, 0.2) is 24.3 Å². The first-order valence-electron chi connectivity index (χ1n) is 5.53. The van der Waals surface area contributed by atoms with Crippen LogP contribution in [-0.4, -0.2) is 22.7 Å². The minimum Gasteiger partial charge on any atom is -0.508 e. The van der Waals surface area contributed by atoms with E-state index in [1.165, 1.54) is 0 Å². The molecule has 0 aliphatic rings. The maximum absolute atomic E-state index is 9.72. The molecule has 0 saturated heterocycles. The van der Waals surface area contributed by atoms with E-state index >= 15 is 0 Å². The molecule has 0 aromatic heterocycles. The Kier molecular flexibility index (Phi) is 4.69. The molecular formula is C13H21NOS. The number of aromatic hydroxyl groups is 1. The van der Waals surface area contributed by atoms with Crippen LogP contribution in [0.2, 0.25) is 0 Å². The van der Waals surface area contributed by atoms with Crippen LogP contribution in [-0.2, 0) is 0 Å². The number of nitrogens with one attached hydrogen (secondary N) is 1. The van der Waals surface area contributed by atoms with Gasteiger partial charge in [-0.15, -0.1) is 0 Å². The largest absolute Gasteiger partial charge is 0.508 e. The van der Waals surface area contributed by atoms with Crippen molar-refractivity contribution < 1.29 is 5.11 Å². The van der Waals surface area contributed by atoms with Gasteiger partial charge >= 0.3 is 0 Å². The Morgan fingerprint density at radius 3 is 2.56 bits per heavy atom. The summed E-state index contributed by atoms with van der Waals surface area (Å²) in [5, 5.41) is 13.2. The molecule has 1 aromatic carbocycles. The second kappa shape index (κ2) is 5.60. The predicted molar refractivity (Wildman–Crippen MR) is 72.1 cm³/mol. The van der Waals surface area contributed by atoms with E-state index in [-0.39, 0.29) is 10.8 Å². The van der Waals surface area contributed by atoms with E-state index in [4.69, 9.17) is 0 Å². The molecule has 0 aliphatic heterocycles. The minimum absolute atomic E-state index is 0.174. The van der Waals surface area contributed by atoms with Crippen molar-refractivity contribution in [3.8, 4) is 5.75 Å². The van der Waals surface area contributed by atoms with Crippen molar-refractivity contribution in [3.63, 3.8) is 0 Å². The second-order valence-corrected chi connectivity index (χ2v) is 6.14. The lowest BCUT2D eigenvalue weighted by Gasteiger charge is -2.25. The van der Waals surface area contributed by atoms with Gasteiger partial charge in [0.2, 0.25) is 0 Å². The van der Waals surface area contributed by atoms with Crippen molar-refractivity contribution in [2.24, 2.45) is 0 Å². The highest BCUT2D eigenvalue weighted by Crippen LogP contribution is 2.25. The fourth-order valence-corrected chi connectivity index (χ4v) is 1.66. The SMILES string of the molecule is CSC(C)(C)CNC(C)c1ccccc1O. The number of phenols is 1. The zero-order valence-electron chi connectivity index (χ0n) is 10.4. The normalized spacial score (nSPS) is 13.8. The molecule has 1 atom stereocenters. The van der Waals surface area contributed by atoms with E-state index < -0.39 is 0 Å². The van der Waals surface area contributed by atoms with Crippen molar-refractivity contribution in [3.05, 3.63) is 29.8 Å². The Hall–Kier alpha value is -0.670. The maximum atomic E-state index is 9.72. The van der Waals surface area contributed by atoms with Gasteiger partial charge in [0.05, 0.1) is 0 Å². The molecular weight excluding hydrogens is 218 g/mol. The molecule has 1 unspecified atom stereocenters. The number of phenolic OH excluding ortho intramolecular Hbond substituents is 1. The molecule has 0 radical (unpaired) electrons. The van der Waals surface area contributed by atoms with Crippen LogP contribution in [0.4, 0.5) is 0 Å². The number of thioether (sulfide) groups is 1. The van der Waals surface area contributed by atoms with Crippen molar-refractivity contribution in [2.45, 2.75) is 31.6 Å². The van der Waals surface area contributed by atoms with E-state index in [1.54, 1.807) is 6.07 Å². The lowest BCUT2D eigenvalue weighted by Crippen LogP contribution is -2.33. The van der Waals surface area contributed by atoms with Crippen LogP contribution in [0.3, 0.4) is 0 Å². The number of para-hydroxylation sites is 1. The highest BCUT2D eigenvalue weighted by Gasteiger charge is 2.18. The van der Waals surface area contributed by atoms with Gasteiger partial charge in [0.1, 0.15) is 5.75 Å². The Balaban J connectivity index is 2.60. The van der Waals surface area contributed by atoms with Gasteiger partial charge < -0.3 is 10.4 Å². The Bertz CT molecular complexity index is 338. The third-order valence-corrected chi connectivity index (χ3v) is 4.04. The molecule has 0 amide bonds. The van der Waals surface area contributed by atoms with E-state index in [1.807, 2.05) is 30.0 Å². The first-order valence-corrected chi connectivity index (χ1v) is 6.75. The molecule has 1 rings (SSSR count). The molecule has 1 aromatic rings. The summed E-state index contributed by atoms with van der Waals surface area (Å²) in [6.45, 7) is 7.42. The monoisotopic (exact) mass is 239 g/mol. The molecule has 90 valence electrons. The summed E-state index contributed by atoms with van der Waals surface area (Å²) < 4.78 is 0.221. The lowest BCUT2D eigenvalue weighted by molar-refractivity contribution is 0.447. The van der Waals surface area contributed by atoms with Gasteiger partial charge in [0.15, 0.2) is 0 Å². The van der Waals surface area contributed by atoms with Gasteiger partial charge in [0, 0.05) is 22.9 Å². The zero-order chi connectivity index (χ0) is 12.2.